The molecule has 0 spiro atoms. The van der Waals surface area contributed by atoms with E-state index in [1.165, 1.54) is 32.4 Å². The second-order valence-electron chi connectivity index (χ2n) is 4.70. The Morgan fingerprint density at radius 2 is 2.17 bits per heavy atom. The number of hydrogen-bond donors (Lipinski definition) is 1. The highest BCUT2D eigenvalue weighted by Gasteiger charge is 2.20. The summed E-state index contributed by atoms with van der Waals surface area (Å²) in [5.41, 5.74) is 0. The van der Waals surface area contributed by atoms with Crippen molar-refractivity contribution in [3.8, 4) is 0 Å². The van der Waals surface area contributed by atoms with Gasteiger partial charge in [-0.2, -0.15) is 0 Å². The summed E-state index contributed by atoms with van der Waals surface area (Å²) in [6.07, 6.45) is 4.20. The van der Waals surface area contributed by atoms with Crippen LogP contribution in [-0.4, -0.2) is 13.1 Å². The van der Waals surface area contributed by atoms with Crippen molar-refractivity contribution in [2.45, 2.75) is 40.0 Å². The van der Waals surface area contributed by atoms with Crippen LogP contribution in [0, 0.1) is 17.8 Å². The minimum atomic E-state index is 0.874. The molecule has 0 aromatic heterocycles. The highest BCUT2D eigenvalue weighted by atomic mass is 14.9. The van der Waals surface area contributed by atoms with Crippen LogP contribution in [0.3, 0.4) is 0 Å². The molecule has 0 amide bonds. The maximum absolute atomic E-state index is 3.49. The summed E-state index contributed by atoms with van der Waals surface area (Å²) in [7, 11) is 0. The Morgan fingerprint density at radius 3 is 2.75 bits per heavy atom. The van der Waals surface area contributed by atoms with Crippen molar-refractivity contribution in [2.75, 3.05) is 13.1 Å². The first-order valence-corrected chi connectivity index (χ1v) is 5.41. The van der Waals surface area contributed by atoms with Gasteiger partial charge in [-0.05, 0) is 43.7 Å². The van der Waals surface area contributed by atoms with Gasteiger partial charge >= 0.3 is 0 Å². The molecule has 0 aromatic carbocycles. The number of rotatable bonds is 3. The summed E-state index contributed by atoms with van der Waals surface area (Å²) >= 11 is 0. The van der Waals surface area contributed by atoms with Gasteiger partial charge in [0, 0.05) is 0 Å². The molecule has 0 bridgehead atoms. The summed E-state index contributed by atoms with van der Waals surface area (Å²) < 4.78 is 0. The van der Waals surface area contributed by atoms with Crippen LogP contribution < -0.4 is 5.32 Å². The molecule has 1 N–H and O–H groups in total. The third kappa shape index (κ3) is 3.14. The molecule has 0 aromatic rings. The molecule has 72 valence electrons. The Morgan fingerprint density at radius 1 is 1.42 bits per heavy atom. The highest BCUT2D eigenvalue weighted by Crippen LogP contribution is 2.24. The van der Waals surface area contributed by atoms with E-state index in [2.05, 4.69) is 26.1 Å². The van der Waals surface area contributed by atoms with Gasteiger partial charge in [-0.1, -0.05) is 27.2 Å². The minimum Gasteiger partial charge on any atom is -0.316 e. The molecule has 1 nitrogen and oxygen atoms in total. The second-order valence-corrected chi connectivity index (χ2v) is 4.70. The fourth-order valence-electron chi connectivity index (χ4n) is 1.99. The molecular weight excluding hydrogens is 146 g/mol. The van der Waals surface area contributed by atoms with Crippen molar-refractivity contribution in [3.63, 3.8) is 0 Å². The van der Waals surface area contributed by atoms with E-state index in [1.54, 1.807) is 0 Å². The lowest BCUT2D eigenvalue weighted by molar-refractivity contribution is 0.246. The Kier molecular flexibility index (Phi) is 4.07. The molecule has 2 unspecified atom stereocenters. The van der Waals surface area contributed by atoms with Crippen LogP contribution in [0.4, 0.5) is 0 Å². The van der Waals surface area contributed by atoms with Crippen LogP contribution in [0.2, 0.25) is 0 Å². The predicted molar refractivity (Wildman–Crippen MR) is 54.2 cm³/mol. The zero-order valence-corrected chi connectivity index (χ0v) is 8.77. The molecule has 1 heteroatoms. The lowest BCUT2D eigenvalue weighted by Gasteiger charge is -2.29. The lowest BCUT2D eigenvalue weighted by Crippen LogP contribution is -2.35. The fraction of sp³-hybridized carbons (Fsp3) is 1.00. The smallest absolute Gasteiger partial charge is 0.00180 e. The van der Waals surface area contributed by atoms with Crippen LogP contribution in [-0.2, 0) is 0 Å². The maximum atomic E-state index is 3.49. The zero-order valence-electron chi connectivity index (χ0n) is 8.77. The van der Waals surface area contributed by atoms with Crippen molar-refractivity contribution in [2.24, 2.45) is 17.8 Å². The molecule has 1 fully saturated rings. The van der Waals surface area contributed by atoms with Crippen LogP contribution in [0.25, 0.3) is 0 Å². The van der Waals surface area contributed by atoms with Crippen LogP contribution in [0.15, 0.2) is 0 Å². The summed E-state index contributed by atoms with van der Waals surface area (Å²) in [4.78, 5) is 0. The Balaban J connectivity index is 2.20. The Bertz CT molecular complexity index is 120. The van der Waals surface area contributed by atoms with Gasteiger partial charge < -0.3 is 5.32 Å². The van der Waals surface area contributed by atoms with Crippen LogP contribution >= 0.6 is 0 Å². The fourth-order valence-corrected chi connectivity index (χ4v) is 1.99. The quantitative estimate of drug-likeness (QED) is 0.685. The zero-order chi connectivity index (χ0) is 8.97. The van der Waals surface area contributed by atoms with Gasteiger partial charge in [-0.15, -0.1) is 0 Å². The van der Waals surface area contributed by atoms with E-state index in [0.29, 0.717) is 0 Å². The predicted octanol–water partition coefficient (Wildman–Crippen LogP) is 2.67. The molecule has 1 saturated heterocycles. The van der Waals surface area contributed by atoms with Crippen molar-refractivity contribution >= 4 is 0 Å². The van der Waals surface area contributed by atoms with E-state index >= 15 is 0 Å². The van der Waals surface area contributed by atoms with Gasteiger partial charge in [0.25, 0.3) is 0 Å². The standard InChI is InChI=1S/C11H23N/c1-9(2)4-5-11-8-12-7-6-10(11)3/h9-12H,4-8H2,1-3H3. The van der Waals surface area contributed by atoms with Crippen LogP contribution in [0.1, 0.15) is 40.0 Å². The van der Waals surface area contributed by atoms with E-state index in [4.69, 9.17) is 0 Å². The normalized spacial score (nSPS) is 31.0. The maximum Gasteiger partial charge on any atom is -0.00180 e. The lowest BCUT2D eigenvalue weighted by atomic mass is 9.83. The van der Waals surface area contributed by atoms with Gasteiger partial charge in [0.15, 0.2) is 0 Å². The van der Waals surface area contributed by atoms with E-state index in [9.17, 15) is 0 Å². The van der Waals surface area contributed by atoms with Crippen molar-refractivity contribution < 1.29 is 0 Å². The highest BCUT2D eigenvalue weighted by molar-refractivity contribution is 4.75. The first-order chi connectivity index (χ1) is 5.70. The Labute approximate surface area is 76.9 Å². The average Bonchev–Trinajstić information content (AvgIpc) is 2.03. The molecular formula is C11H23N. The van der Waals surface area contributed by atoms with Crippen molar-refractivity contribution in [3.05, 3.63) is 0 Å². The third-order valence-corrected chi connectivity index (χ3v) is 3.10. The Hall–Kier alpha value is -0.0400. The summed E-state index contributed by atoms with van der Waals surface area (Å²) in [6, 6.07) is 0. The molecule has 1 heterocycles. The summed E-state index contributed by atoms with van der Waals surface area (Å²) in [5.74, 6) is 2.77. The summed E-state index contributed by atoms with van der Waals surface area (Å²) in [6.45, 7) is 9.54. The van der Waals surface area contributed by atoms with Gasteiger partial charge in [-0.3, -0.25) is 0 Å². The molecule has 0 saturated carbocycles. The monoisotopic (exact) mass is 169 g/mol. The van der Waals surface area contributed by atoms with E-state index in [0.717, 1.165) is 17.8 Å². The average molecular weight is 169 g/mol. The van der Waals surface area contributed by atoms with Crippen LogP contribution in [0.5, 0.6) is 0 Å². The SMILES string of the molecule is CC(C)CCC1CNCCC1C. The second kappa shape index (κ2) is 4.86. The molecule has 1 aliphatic rings. The molecule has 0 radical (unpaired) electrons. The molecule has 12 heavy (non-hydrogen) atoms. The molecule has 1 aliphatic heterocycles. The molecule has 2 atom stereocenters. The largest absolute Gasteiger partial charge is 0.316 e. The van der Waals surface area contributed by atoms with Crippen molar-refractivity contribution in [1.82, 2.24) is 5.32 Å². The number of piperidine rings is 1. The minimum absolute atomic E-state index is 0.874. The van der Waals surface area contributed by atoms with E-state index in [1.807, 2.05) is 0 Å². The molecule has 0 aliphatic carbocycles. The van der Waals surface area contributed by atoms with Gasteiger partial charge in [0.2, 0.25) is 0 Å². The summed E-state index contributed by atoms with van der Waals surface area (Å²) in [5, 5.41) is 3.49. The van der Waals surface area contributed by atoms with Gasteiger partial charge in [-0.25, -0.2) is 0 Å². The number of nitrogens with one attached hydrogen (secondary N) is 1. The first-order valence-electron chi connectivity index (χ1n) is 5.41. The van der Waals surface area contributed by atoms with E-state index < -0.39 is 0 Å². The first kappa shape index (κ1) is 10.0. The number of hydrogen-bond acceptors (Lipinski definition) is 1. The third-order valence-electron chi connectivity index (χ3n) is 3.10. The van der Waals surface area contributed by atoms with Crippen molar-refractivity contribution in [1.29, 1.82) is 0 Å². The topological polar surface area (TPSA) is 12.0 Å². The van der Waals surface area contributed by atoms with Gasteiger partial charge in [0.1, 0.15) is 0 Å². The molecule has 1 rings (SSSR count). The van der Waals surface area contributed by atoms with Gasteiger partial charge in [0.05, 0.1) is 0 Å². The van der Waals surface area contributed by atoms with E-state index in [-0.39, 0.29) is 0 Å².